The summed E-state index contributed by atoms with van der Waals surface area (Å²) in [7, 11) is 0. The normalized spacial score (nSPS) is 10.8. The number of hydrogen-bond acceptors (Lipinski definition) is 5. The van der Waals surface area contributed by atoms with E-state index in [4.69, 9.17) is 9.47 Å². The van der Waals surface area contributed by atoms with Crippen LogP contribution in [-0.4, -0.2) is 30.2 Å². The van der Waals surface area contributed by atoms with E-state index >= 15 is 0 Å². The van der Waals surface area contributed by atoms with Crippen LogP contribution in [0.2, 0.25) is 0 Å². The molecular weight excluding hydrogens is 440 g/mol. The number of amides is 2. The molecule has 2 rings (SSSR count). The molecule has 8 heteroatoms. The van der Waals surface area contributed by atoms with E-state index < -0.39 is 30.2 Å². The molecule has 0 aromatic heterocycles. The summed E-state index contributed by atoms with van der Waals surface area (Å²) < 4.78 is 11.0. The maximum Gasteiger partial charge on any atom is 0.412 e. The second kappa shape index (κ2) is 9.56. The van der Waals surface area contributed by atoms with Crippen LogP contribution in [0.4, 0.5) is 16.2 Å². The number of benzene rings is 2. The molecule has 0 bridgehead atoms. The maximum absolute atomic E-state index is 12.2. The lowest BCUT2D eigenvalue weighted by molar-refractivity contribution is -0.119. The van der Waals surface area contributed by atoms with Gasteiger partial charge in [-0.2, -0.15) is 0 Å². The van der Waals surface area contributed by atoms with Crippen molar-refractivity contribution >= 4 is 45.3 Å². The SMILES string of the molecule is Cc1ccc(NC(=O)COC(=O)c2cccc(NC(=O)OC(C)(C)C)c2)c(Br)c1. The highest BCUT2D eigenvalue weighted by Crippen LogP contribution is 2.23. The van der Waals surface area contributed by atoms with Crippen molar-refractivity contribution in [2.75, 3.05) is 17.2 Å². The summed E-state index contributed by atoms with van der Waals surface area (Å²) >= 11 is 3.37. The molecule has 0 heterocycles. The van der Waals surface area contributed by atoms with Gasteiger partial charge in [-0.15, -0.1) is 0 Å². The van der Waals surface area contributed by atoms with Gasteiger partial charge in [-0.3, -0.25) is 10.1 Å². The van der Waals surface area contributed by atoms with Crippen LogP contribution in [0.25, 0.3) is 0 Å². The van der Waals surface area contributed by atoms with Gasteiger partial charge in [0.15, 0.2) is 6.61 Å². The molecule has 2 amide bonds. The van der Waals surface area contributed by atoms with Gasteiger partial charge in [-0.25, -0.2) is 9.59 Å². The number of rotatable bonds is 5. The molecule has 0 saturated heterocycles. The predicted molar refractivity (Wildman–Crippen MR) is 114 cm³/mol. The highest BCUT2D eigenvalue weighted by molar-refractivity contribution is 9.10. The van der Waals surface area contributed by atoms with Gasteiger partial charge < -0.3 is 14.8 Å². The summed E-state index contributed by atoms with van der Waals surface area (Å²) in [6.45, 7) is 6.74. The molecule has 7 nitrogen and oxygen atoms in total. The van der Waals surface area contributed by atoms with Crippen LogP contribution in [0.5, 0.6) is 0 Å². The smallest absolute Gasteiger partial charge is 0.412 e. The van der Waals surface area contributed by atoms with E-state index in [0.29, 0.717) is 11.4 Å². The van der Waals surface area contributed by atoms with Crippen molar-refractivity contribution < 1.29 is 23.9 Å². The first-order chi connectivity index (χ1) is 13.5. The Morgan fingerprint density at radius 2 is 1.76 bits per heavy atom. The number of ether oxygens (including phenoxy) is 2. The Hall–Kier alpha value is -2.87. The standard InChI is InChI=1S/C21H23BrN2O5/c1-13-8-9-17(16(22)10-13)24-18(25)12-28-19(26)14-6-5-7-15(11-14)23-20(27)29-21(2,3)4/h5-11H,12H2,1-4H3,(H,23,27)(H,24,25). The summed E-state index contributed by atoms with van der Waals surface area (Å²) in [5.41, 5.74) is 1.56. The van der Waals surface area contributed by atoms with E-state index in [2.05, 4.69) is 26.6 Å². The molecule has 0 spiro atoms. The topological polar surface area (TPSA) is 93.7 Å². The zero-order valence-electron chi connectivity index (χ0n) is 16.7. The van der Waals surface area contributed by atoms with Crippen LogP contribution in [0.15, 0.2) is 46.9 Å². The fraction of sp³-hybridized carbons (Fsp3) is 0.286. The van der Waals surface area contributed by atoms with E-state index in [-0.39, 0.29) is 5.56 Å². The number of nitrogens with one attached hydrogen (secondary N) is 2. The second-order valence-electron chi connectivity index (χ2n) is 7.32. The van der Waals surface area contributed by atoms with Crippen LogP contribution >= 0.6 is 15.9 Å². The van der Waals surface area contributed by atoms with Crippen LogP contribution in [0.3, 0.4) is 0 Å². The number of halogens is 1. The highest BCUT2D eigenvalue weighted by atomic mass is 79.9. The molecule has 0 aliphatic rings. The first-order valence-electron chi connectivity index (χ1n) is 8.87. The third-order valence-electron chi connectivity index (χ3n) is 3.48. The van der Waals surface area contributed by atoms with Crippen LogP contribution in [0, 0.1) is 6.92 Å². The van der Waals surface area contributed by atoms with Crippen molar-refractivity contribution in [3.05, 3.63) is 58.1 Å². The minimum Gasteiger partial charge on any atom is -0.452 e. The van der Waals surface area contributed by atoms with Crippen molar-refractivity contribution in [3.8, 4) is 0 Å². The maximum atomic E-state index is 12.2. The second-order valence-corrected chi connectivity index (χ2v) is 8.17. The molecule has 2 aromatic carbocycles. The molecule has 0 unspecified atom stereocenters. The molecule has 0 fully saturated rings. The van der Waals surface area contributed by atoms with Crippen LogP contribution < -0.4 is 10.6 Å². The first kappa shape index (κ1) is 22.4. The monoisotopic (exact) mass is 462 g/mol. The van der Waals surface area contributed by atoms with E-state index in [9.17, 15) is 14.4 Å². The quantitative estimate of drug-likeness (QED) is 0.616. The Labute approximate surface area is 177 Å². The van der Waals surface area contributed by atoms with Gasteiger partial charge in [0.1, 0.15) is 5.60 Å². The summed E-state index contributed by atoms with van der Waals surface area (Å²) in [5.74, 6) is -1.15. The van der Waals surface area contributed by atoms with Crippen molar-refractivity contribution in [1.29, 1.82) is 0 Å². The van der Waals surface area contributed by atoms with Crippen LogP contribution in [-0.2, 0) is 14.3 Å². The van der Waals surface area contributed by atoms with E-state index in [1.807, 2.05) is 19.1 Å². The molecule has 2 N–H and O–H groups in total. The Kier molecular flexibility index (Phi) is 7.39. The van der Waals surface area contributed by atoms with E-state index in [0.717, 1.165) is 10.0 Å². The Morgan fingerprint density at radius 1 is 1.03 bits per heavy atom. The number of carbonyl (C=O) groups excluding carboxylic acids is 3. The summed E-state index contributed by atoms with van der Waals surface area (Å²) in [5, 5.41) is 5.22. The minimum atomic E-state index is -0.684. The fourth-order valence-corrected chi connectivity index (χ4v) is 2.86. The molecule has 0 aliphatic carbocycles. The average molecular weight is 463 g/mol. The Morgan fingerprint density at radius 3 is 2.41 bits per heavy atom. The molecule has 0 saturated carbocycles. The third kappa shape index (κ3) is 7.57. The van der Waals surface area contributed by atoms with E-state index in [1.165, 1.54) is 12.1 Å². The molecule has 2 aromatic rings. The molecule has 0 aliphatic heterocycles. The third-order valence-corrected chi connectivity index (χ3v) is 4.13. The van der Waals surface area contributed by atoms with Crippen LogP contribution in [0.1, 0.15) is 36.7 Å². The van der Waals surface area contributed by atoms with Crippen molar-refractivity contribution in [2.45, 2.75) is 33.3 Å². The molecular formula is C21H23BrN2O5. The fourth-order valence-electron chi connectivity index (χ4n) is 2.27. The van der Waals surface area contributed by atoms with Crippen molar-refractivity contribution in [2.24, 2.45) is 0 Å². The predicted octanol–water partition coefficient (Wildman–Crippen LogP) is 4.90. The average Bonchev–Trinajstić information content (AvgIpc) is 2.60. The Balaban J connectivity index is 1.92. The molecule has 29 heavy (non-hydrogen) atoms. The first-order valence-corrected chi connectivity index (χ1v) is 9.66. The number of aryl methyl sites for hydroxylation is 1. The number of hydrogen-bond donors (Lipinski definition) is 2. The van der Waals surface area contributed by atoms with Gasteiger partial charge in [0.25, 0.3) is 5.91 Å². The van der Waals surface area contributed by atoms with Gasteiger partial charge >= 0.3 is 12.1 Å². The van der Waals surface area contributed by atoms with Crippen molar-refractivity contribution in [1.82, 2.24) is 0 Å². The number of carbonyl (C=O) groups is 3. The van der Waals surface area contributed by atoms with Gasteiger partial charge in [-0.05, 0) is 79.5 Å². The lowest BCUT2D eigenvalue weighted by atomic mass is 10.2. The molecule has 0 atom stereocenters. The van der Waals surface area contributed by atoms with E-state index in [1.54, 1.807) is 39.0 Å². The summed E-state index contributed by atoms with van der Waals surface area (Å²) in [4.78, 5) is 36.1. The zero-order valence-corrected chi connectivity index (χ0v) is 18.3. The lowest BCUT2D eigenvalue weighted by Gasteiger charge is -2.19. The molecule has 154 valence electrons. The number of esters is 1. The Bertz CT molecular complexity index is 922. The molecule has 0 radical (unpaired) electrons. The van der Waals surface area contributed by atoms with Gasteiger partial charge in [0.2, 0.25) is 0 Å². The number of anilines is 2. The summed E-state index contributed by atoms with van der Waals surface area (Å²) in [6.07, 6.45) is -0.633. The van der Waals surface area contributed by atoms with Gasteiger partial charge in [-0.1, -0.05) is 12.1 Å². The summed E-state index contributed by atoms with van der Waals surface area (Å²) in [6, 6.07) is 11.7. The lowest BCUT2D eigenvalue weighted by Crippen LogP contribution is -2.27. The largest absolute Gasteiger partial charge is 0.452 e. The van der Waals surface area contributed by atoms with Gasteiger partial charge in [0.05, 0.1) is 11.3 Å². The highest BCUT2D eigenvalue weighted by Gasteiger charge is 2.17. The van der Waals surface area contributed by atoms with Gasteiger partial charge in [0, 0.05) is 10.2 Å². The minimum absolute atomic E-state index is 0.197. The van der Waals surface area contributed by atoms with Crippen molar-refractivity contribution in [3.63, 3.8) is 0 Å². The zero-order chi connectivity index (χ0) is 21.6.